The third-order valence-electron chi connectivity index (χ3n) is 2.61. The molecule has 0 saturated carbocycles. The minimum Gasteiger partial charge on any atom is -0.287 e. The molecule has 1 aromatic carbocycles. The summed E-state index contributed by atoms with van der Waals surface area (Å²) >= 11 is 17.5. The van der Waals surface area contributed by atoms with Gasteiger partial charge in [-0.2, -0.15) is 0 Å². The van der Waals surface area contributed by atoms with Crippen LogP contribution in [0.3, 0.4) is 0 Å². The fourth-order valence-electron chi connectivity index (χ4n) is 1.67. The Bertz CT molecular complexity index is 729. The van der Waals surface area contributed by atoms with Gasteiger partial charge in [-0.1, -0.05) is 34.8 Å². The topological polar surface area (TPSA) is 44.0 Å². The molecule has 19 heavy (non-hydrogen) atoms. The van der Waals surface area contributed by atoms with Crippen molar-refractivity contribution in [2.24, 2.45) is 7.05 Å². The first-order chi connectivity index (χ1) is 8.88. The largest absolute Gasteiger partial charge is 0.332 e. The Kier molecular flexibility index (Phi) is 4.04. The third-order valence-corrected chi connectivity index (χ3v) is 3.41. The smallest absolute Gasteiger partial charge is 0.287 e. The molecular formula is C12H9Cl3N2O2. The first-order valence-corrected chi connectivity index (χ1v) is 6.43. The quantitative estimate of drug-likeness (QED) is 0.799. The van der Waals surface area contributed by atoms with Crippen LogP contribution in [0, 0.1) is 0 Å². The molecule has 2 aromatic rings. The highest BCUT2D eigenvalue weighted by molar-refractivity contribution is 6.34. The average molecular weight is 320 g/mol. The van der Waals surface area contributed by atoms with Crippen molar-refractivity contribution >= 4 is 34.8 Å². The maximum absolute atomic E-state index is 12.0. The lowest BCUT2D eigenvalue weighted by atomic mass is 10.2. The van der Waals surface area contributed by atoms with Crippen molar-refractivity contribution < 1.29 is 0 Å². The number of benzene rings is 1. The van der Waals surface area contributed by atoms with Crippen molar-refractivity contribution in [3.8, 4) is 0 Å². The van der Waals surface area contributed by atoms with Gasteiger partial charge in [0.1, 0.15) is 5.15 Å². The first kappa shape index (κ1) is 14.2. The molecule has 100 valence electrons. The Morgan fingerprint density at radius 3 is 2.16 bits per heavy atom. The Balaban J connectivity index is 2.53. The molecular weight excluding hydrogens is 311 g/mol. The second kappa shape index (κ2) is 5.41. The van der Waals surface area contributed by atoms with Gasteiger partial charge in [-0.05, 0) is 23.8 Å². The summed E-state index contributed by atoms with van der Waals surface area (Å²) in [5.74, 6) is 0. The molecule has 1 heterocycles. The molecule has 7 heteroatoms. The molecule has 0 N–H and O–H groups in total. The SMILES string of the molecule is Cn1c(Cl)cc(=O)n(Cc2cc(Cl)cc(Cl)c2)c1=O. The highest BCUT2D eigenvalue weighted by Crippen LogP contribution is 2.19. The van der Waals surface area contributed by atoms with Crippen molar-refractivity contribution in [2.45, 2.75) is 6.54 Å². The van der Waals surface area contributed by atoms with E-state index in [9.17, 15) is 9.59 Å². The number of hydrogen-bond acceptors (Lipinski definition) is 2. The number of hydrogen-bond donors (Lipinski definition) is 0. The van der Waals surface area contributed by atoms with Crippen LogP contribution in [0.1, 0.15) is 5.56 Å². The monoisotopic (exact) mass is 318 g/mol. The number of rotatable bonds is 2. The Labute approximate surface area is 123 Å². The van der Waals surface area contributed by atoms with Gasteiger partial charge in [-0.15, -0.1) is 0 Å². The van der Waals surface area contributed by atoms with Gasteiger partial charge in [-0.3, -0.25) is 13.9 Å². The molecule has 0 spiro atoms. The maximum atomic E-state index is 12.0. The van der Waals surface area contributed by atoms with Crippen molar-refractivity contribution in [1.82, 2.24) is 9.13 Å². The molecule has 4 nitrogen and oxygen atoms in total. The van der Waals surface area contributed by atoms with E-state index in [4.69, 9.17) is 34.8 Å². The fraction of sp³-hybridized carbons (Fsp3) is 0.167. The van der Waals surface area contributed by atoms with Crippen LogP contribution in [-0.4, -0.2) is 9.13 Å². The third kappa shape index (κ3) is 3.03. The van der Waals surface area contributed by atoms with E-state index in [1.807, 2.05) is 0 Å². The summed E-state index contributed by atoms with van der Waals surface area (Å²) in [6.07, 6.45) is 0. The lowest BCUT2D eigenvalue weighted by Crippen LogP contribution is -2.38. The van der Waals surface area contributed by atoms with Crippen LogP contribution in [-0.2, 0) is 13.6 Å². The second-order valence-electron chi connectivity index (χ2n) is 4.01. The molecule has 0 unspecified atom stereocenters. The maximum Gasteiger partial charge on any atom is 0.332 e. The van der Waals surface area contributed by atoms with Gasteiger partial charge in [0, 0.05) is 23.2 Å². The zero-order chi connectivity index (χ0) is 14.2. The predicted octanol–water partition coefficient (Wildman–Crippen LogP) is 2.56. The lowest BCUT2D eigenvalue weighted by Gasteiger charge is -2.09. The molecule has 0 amide bonds. The average Bonchev–Trinajstić information content (AvgIpc) is 2.31. The van der Waals surface area contributed by atoms with Gasteiger partial charge in [0.05, 0.1) is 6.54 Å². The Morgan fingerprint density at radius 2 is 1.58 bits per heavy atom. The summed E-state index contributed by atoms with van der Waals surface area (Å²) in [6, 6.07) is 6.06. The highest BCUT2D eigenvalue weighted by Gasteiger charge is 2.08. The molecule has 0 aliphatic carbocycles. The van der Waals surface area contributed by atoms with Gasteiger partial charge < -0.3 is 0 Å². The molecule has 2 rings (SSSR count). The standard InChI is InChI=1S/C12H9Cl3N2O2/c1-16-10(15)5-11(18)17(12(16)19)6-7-2-8(13)4-9(14)3-7/h2-5H,6H2,1H3. The van der Waals surface area contributed by atoms with Gasteiger partial charge in [0.25, 0.3) is 5.56 Å². The summed E-state index contributed by atoms with van der Waals surface area (Å²) in [7, 11) is 1.49. The van der Waals surface area contributed by atoms with Crippen LogP contribution in [0.5, 0.6) is 0 Å². The minimum atomic E-state index is -0.492. The van der Waals surface area contributed by atoms with E-state index >= 15 is 0 Å². The van der Waals surface area contributed by atoms with Crippen LogP contribution in [0.25, 0.3) is 0 Å². The predicted molar refractivity (Wildman–Crippen MR) is 76.5 cm³/mol. The fourth-order valence-corrected chi connectivity index (χ4v) is 2.41. The number of halogens is 3. The number of nitrogens with zero attached hydrogens (tertiary/aromatic N) is 2. The Morgan fingerprint density at radius 1 is 1.00 bits per heavy atom. The zero-order valence-electron chi connectivity index (χ0n) is 9.86. The molecule has 0 atom stereocenters. The molecule has 0 radical (unpaired) electrons. The molecule has 0 aliphatic heterocycles. The zero-order valence-corrected chi connectivity index (χ0v) is 12.1. The summed E-state index contributed by atoms with van der Waals surface area (Å²) < 4.78 is 2.25. The molecule has 0 fully saturated rings. The molecule has 0 bridgehead atoms. The van der Waals surface area contributed by atoms with E-state index in [0.29, 0.717) is 15.6 Å². The van der Waals surface area contributed by atoms with Crippen molar-refractivity contribution in [1.29, 1.82) is 0 Å². The van der Waals surface area contributed by atoms with Crippen LogP contribution in [0.2, 0.25) is 15.2 Å². The Hall–Kier alpha value is -1.23. The van der Waals surface area contributed by atoms with E-state index in [2.05, 4.69) is 0 Å². The summed E-state index contributed by atoms with van der Waals surface area (Å²) in [5, 5.41) is 0.984. The van der Waals surface area contributed by atoms with E-state index in [-0.39, 0.29) is 11.7 Å². The molecule has 0 aliphatic rings. The molecule has 0 saturated heterocycles. The van der Waals surface area contributed by atoms with Crippen molar-refractivity contribution in [3.63, 3.8) is 0 Å². The van der Waals surface area contributed by atoms with Gasteiger partial charge >= 0.3 is 5.69 Å². The van der Waals surface area contributed by atoms with Crippen LogP contribution < -0.4 is 11.2 Å². The van der Waals surface area contributed by atoms with Crippen molar-refractivity contribution in [2.75, 3.05) is 0 Å². The van der Waals surface area contributed by atoms with Crippen LogP contribution in [0.15, 0.2) is 33.9 Å². The van der Waals surface area contributed by atoms with Crippen LogP contribution in [0.4, 0.5) is 0 Å². The van der Waals surface area contributed by atoms with E-state index in [0.717, 1.165) is 4.57 Å². The van der Waals surface area contributed by atoms with Gasteiger partial charge in [-0.25, -0.2) is 4.79 Å². The summed E-state index contributed by atoms with van der Waals surface area (Å²) in [5.41, 5.74) is -0.295. The van der Waals surface area contributed by atoms with E-state index in [1.54, 1.807) is 18.2 Å². The highest BCUT2D eigenvalue weighted by atomic mass is 35.5. The molecule has 1 aromatic heterocycles. The lowest BCUT2D eigenvalue weighted by molar-refractivity contribution is 0.640. The summed E-state index contributed by atoms with van der Waals surface area (Å²) in [4.78, 5) is 23.7. The van der Waals surface area contributed by atoms with Crippen LogP contribution >= 0.6 is 34.8 Å². The van der Waals surface area contributed by atoms with E-state index < -0.39 is 11.2 Å². The first-order valence-electron chi connectivity index (χ1n) is 5.30. The van der Waals surface area contributed by atoms with Gasteiger partial charge in [0.2, 0.25) is 0 Å². The van der Waals surface area contributed by atoms with Crippen molar-refractivity contribution in [3.05, 3.63) is 65.9 Å². The number of aromatic nitrogens is 2. The van der Waals surface area contributed by atoms with Gasteiger partial charge in [0.15, 0.2) is 0 Å². The second-order valence-corrected chi connectivity index (χ2v) is 5.27. The minimum absolute atomic E-state index is 0.0863. The summed E-state index contributed by atoms with van der Waals surface area (Å²) in [6.45, 7) is 0.0863. The normalized spacial score (nSPS) is 10.7. The van der Waals surface area contributed by atoms with E-state index in [1.165, 1.54) is 17.7 Å².